The van der Waals surface area contributed by atoms with Crippen molar-refractivity contribution in [1.82, 2.24) is 9.88 Å². The smallest absolute Gasteiger partial charge is 0.293 e. The number of alkyl halides is 2. The van der Waals surface area contributed by atoms with Crippen LogP contribution in [0.2, 0.25) is 5.02 Å². The number of Topliss-reactive ketones (excluding diaryl/α,β-unsaturated/α-hetero) is 1. The molecule has 172 valence electrons. The number of benzene rings is 1. The van der Waals surface area contributed by atoms with Crippen molar-refractivity contribution in [3.05, 3.63) is 51.3 Å². The van der Waals surface area contributed by atoms with Crippen LogP contribution in [-0.4, -0.2) is 33.6 Å². The van der Waals surface area contributed by atoms with Gasteiger partial charge in [-0.25, -0.2) is 8.78 Å². The summed E-state index contributed by atoms with van der Waals surface area (Å²) in [5.41, 5.74) is 0.772. The van der Waals surface area contributed by atoms with E-state index in [0.717, 1.165) is 5.56 Å². The van der Waals surface area contributed by atoms with Crippen molar-refractivity contribution in [3.8, 4) is 6.07 Å². The van der Waals surface area contributed by atoms with Gasteiger partial charge in [-0.05, 0) is 49.9 Å². The minimum Gasteiger partial charge on any atom is -0.340 e. The number of rotatable bonds is 5. The normalized spacial score (nSPS) is 17.5. The van der Waals surface area contributed by atoms with E-state index in [9.17, 15) is 28.4 Å². The third-order valence-corrected chi connectivity index (χ3v) is 6.58. The summed E-state index contributed by atoms with van der Waals surface area (Å²) in [5.74, 6) is -5.58. The molecule has 2 N–H and O–H groups in total. The summed E-state index contributed by atoms with van der Waals surface area (Å²) in [6.07, 6.45) is -0.507. The SMILES string of the molecule is Cc1ccc(NC(=O)c2c(C)c(C(=O)C(=O)NC3(C#N)CC(F)(F)C3)c3n2CCC3)cc1Cl. The Bertz CT molecular complexity index is 1240. The molecule has 2 heterocycles. The summed E-state index contributed by atoms with van der Waals surface area (Å²) in [4.78, 5) is 38.7. The van der Waals surface area contributed by atoms with Gasteiger partial charge in [0.15, 0.2) is 0 Å². The maximum atomic E-state index is 13.3. The van der Waals surface area contributed by atoms with Gasteiger partial charge in [0, 0.05) is 35.8 Å². The summed E-state index contributed by atoms with van der Waals surface area (Å²) in [6, 6.07) is 6.78. The zero-order valence-corrected chi connectivity index (χ0v) is 18.8. The number of nitrogens with one attached hydrogen (secondary N) is 2. The van der Waals surface area contributed by atoms with Gasteiger partial charge in [-0.1, -0.05) is 17.7 Å². The van der Waals surface area contributed by atoms with Crippen LogP contribution in [0, 0.1) is 25.2 Å². The molecule has 1 aromatic carbocycles. The Labute approximate surface area is 193 Å². The summed E-state index contributed by atoms with van der Waals surface area (Å²) < 4.78 is 28.3. The van der Waals surface area contributed by atoms with E-state index in [-0.39, 0.29) is 11.3 Å². The molecule has 4 rings (SSSR count). The van der Waals surface area contributed by atoms with E-state index < -0.39 is 41.9 Å². The number of hydrogen-bond donors (Lipinski definition) is 2. The first kappa shape index (κ1) is 22.9. The van der Waals surface area contributed by atoms with E-state index in [2.05, 4.69) is 10.6 Å². The van der Waals surface area contributed by atoms with Gasteiger partial charge in [0.05, 0.1) is 11.6 Å². The highest BCUT2D eigenvalue weighted by atomic mass is 35.5. The number of aromatic nitrogens is 1. The minimum atomic E-state index is -3.05. The molecule has 2 amide bonds. The second kappa shape index (κ2) is 7.96. The maximum Gasteiger partial charge on any atom is 0.293 e. The van der Waals surface area contributed by atoms with Crippen LogP contribution in [0.3, 0.4) is 0 Å². The minimum absolute atomic E-state index is 0.0799. The fourth-order valence-electron chi connectivity index (χ4n) is 4.59. The Morgan fingerprint density at radius 2 is 1.91 bits per heavy atom. The lowest BCUT2D eigenvalue weighted by Crippen LogP contribution is -2.62. The van der Waals surface area contributed by atoms with Gasteiger partial charge in [-0.15, -0.1) is 0 Å². The predicted octanol–water partition coefficient (Wildman–Crippen LogP) is 3.95. The number of amides is 2. The second-order valence-electron chi connectivity index (χ2n) is 8.66. The molecule has 0 atom stereocenters. The first-order chi connectivity index (χ1) is 15.5. The Kier molecular flexibility index (Phi) is 5.53. The third kappa shape index (κ3) is 4.00. The van der Waals surface area contributed by atoms with Crippen molar-refractivity contribution < 1.29 is 23.2 Å². The van der Waals surface area contributed by atoms with Gasteiger partial charge in [0.2, 0.25) is 0 Å². The topological polar surface area (TPSA) is 104 Å². The van der Waals surface area contributed by atoms with E-state index in [4.69, 9.17) is 11.6 Å². The van der Waals surface area contributed by atoms with Gasteiger partial charge < -0.3 is 15.2 Å². The van der Waals surface area contributed by atoms with Gasteiger partial charge in [0.1, 0.15) is 11.2 Å². The molecule has 2 aromatic rings. The van der Waals surface area contributed by atoms with Crippen molar-refractivity contribution in [2.24, 2.45) is 0 Å². The zero-order chi connectivity index (χ0) is 24.1. The Hall–Kier alpha value is -3.25. The number of carbonyl (C=O) groups is 3. The Morgan fingerprint density at radius 3 is 2.52 bits per heavy atom. The average Bonchev–Trinajstić information content (AvgIpc) is 3.27. The van der Waals surface area contributed by atoms with Crippen LogP contribution in [0.15, 0.2) is 18.2 Å². The Morgan fingerprint density at radius 1 is 1.21 bits per heavy atom. The van der Waals surface area contributed by atoms with Gasteiger partial charge in [-0.3, -0.25) is 14.4 Å². The maximum absolute atomic E-state index is 13.3. The molecule has 1 aliphatic carbocycles. The molecule has 0 saturated heterocycles. The highest BCUT2D eigenvalue weighted by Gasteiger charge is 2.58. The zero-order valence-electron chi connectivity index (χ0n) is 18.0. The van der Waals surface area contributed by atoms with Crippen LogP contribution >= 0.6 is 11.6 Å². The first-order valence-electron chi connectivity index (χ1n) is 10.4. The largest absolute Gasteiger partial charge is 0.340 e. The summed E-state index contributed by atoms with van der Waals surface area (Å²) in [6.45, 7) is 3.90. The van der Waals surface area contributed by atoms with Crippen molar-refractivity contribution in [1.29, 1.82) is 5.26 Å². The molecule has 1 saturated carbocycles. The summed E-state index contributed by atoms with van der Waals surface area (Å²) >= 11 is 6.13. The van der Waals surface area contributed by atoms with Crippen molar-refractivity contribution >= 4 is 34.9 Å². The number of hydrogen-bond acceptors (Lipinski definition) is 4. The van der Waals surface area contributed by atoms with Crippen LogP contribution in [0.25, 0.3) is 0 Å². The highest BCUT2D eigenvalue weighted by molar-refractivity contribution is 6.44. The molecule has 1 fully saturated rings. The Balaban J connectivity index is 1.61. The molecule has 0 bridgehead atoms. The number of anilines is 1. The monoisotopic (exact) mass is 474 g/mol. The number of fused-ring (bicyclic) bond motifs is 1. The first-order valence-corrected chi connectivity index (χ1v) is 10.8. The number of nitrogens with zero attached hydrogens (tertiary/aromatic N) is 2. The van der Waals surface area contributed by atoms with Crippen molar-refractivity contribution in [3.63, 3.8) is 0 Å². The number of aryl methyl sites for hydroxylation is 1. The molecule has 33 heavy (non-hydrogen) atoms. The molecule has 0 radical (unpaired) electrons. The van der Waals surface area contributed by atoms with Crippen LogP contribution in [0.4, 0.5) is 14.5 Å². The third-order valence-electron chi connectivity index (χ3n) is 6.18. The van der Waals surface area contributed by atoms with Crippen LogP contribution in [0.5, 0.6) is 0 Å². The van der Waals surface area contributed by atoms with Gasteiger partial charge in [0.25, 0.3) is 23.5 Å². The molecule has 0 unspecified atom stereocenters. The molecular formula is C23H21ClF2N4O3. The second-order valence-corrected chi connectivity index (χ2v) is 9.06. The van der Waals surface area contributed by atoms with Crippen LogP contribution < -0.4 is 10.6 Å². The number of ketones is 1. The number of carbonyl (C=O) groups excluding carboxylic acids is 3. The van der Waals surface area contributed by atoms with E-state index in [0.29, 0.717) is 41.4 Å². The highest BCUT2D eigenvalue weighted by Crippen LogP contribution is 2.45. The quantitative estimate of drug-likeness (QED) is 0.505. The summed E-state index contributed by atoms with van der Waals surface area (Å²) in [5, 5.41) is 14.7. The van der Waals surface area contributed by atoms with Gasteiger partial charge in [-0.2, -0.15) is 5.26 Å². The number of nitriles is 1. The van der Waals surface area contributed by atoms with Gasteiger partial charge >= 0.3 is 0 Å². The molecule has 0 spiro atoms. The van der Waals surface area contributed by atoms with Crippen LogP contribution in [0.1, 0.15) is 56.9 Å². The van der Waals surface area contributed by atoms with Crippen molar-refractivity contribution in [2.75, 3.05) is 5.32 Å². The number of halogens is 3. The summed E-state index contributed by atoms with van der Waals surface area (Å²) in [7, 11) is 0. The average molecular weight is 475 g/mol. The van der Waals surface area contributed by atoms with E-state index >= 15 is 0 Å². The van der Waals surface area contributed by atoms with E-state index in [1.807, 2.05) is 6.92 Å². The molecule has 7 nitrogen and oxygen atoms in total. The molecule has 2 aliphatic rings. The molecular weight excluding hydrogens is 454 g/mol. The fraction of sp³-hybridized carbons (Fsp3) is 0.391. The van der Waals surface area contributed by atoms with Crippen molar-refractivity contribution in [2.45, 2.75) is 57.5 Å². The molecule has 10 heteroatoms. The fourth-order valence-corrected chi connectivity index (χ4v) is 4.77. The molecule has 1 aliphatic heterocycles. The lowest BCUT2D eigenvalue weighted by molar-refractivity contribution is -0.134. The van der Waals surface area contributed by atoms with E-state index in [1.165, 1.54) is 0 Å². The lowest BCUT2D eigenvalue weighted by atomic mass is 9.74. The molecule has 1 aromatic heterocycles. The standard InChI is InChI=1S/C23H21ClF2N4O3/c1-12-5-6-14(8-15(12)24)28-20(32)18-13(2)17(16-4-3-7-30(16)18)19(31)21(33)29-22(11-27)9-23(25,26)10-22/h5-6,8H,3-4,7,9-10H2,1-2H3,(H,28,32)(H,29,33). The lowest BCUT2D eigenvalue weighted by Gasteiger charge is -2.42. The van der Waals surface area contributed by atoms with Crippen LogP contribution in [-0.2, 0) is 17.8 Å². The predicted molar refractivity (Wildman–Crippen MR) is 117 cm³/mol. The van der Waals surface area contributed by atoms with E-state index in [1.54, 1.807) is 35.8 Å².